The number of ether oxygens (including phenoxy) is 1. The minimum absolute atomic E-state index is 0.0450. The van der Waals surface area contributed by atoms with Crippen molar-refractivity contribution >= 4 is 11.6 Å². The van der Waals surface area contributed by atoms with Crippen molar-refractivity contribution in [2.75, 3.05) is 19.0 Å². The van der Waals surface area contributed by atoms with E-state index in [4.69, 9.17) is 4.74 Å². The number of methoxy groups -OCH3 is 1. The lowest BCUT2D eigenvalue weighted by Gasteiger charge is -2.16. The summed E-state index contributed by atoms with van der Waals surface area (Å²) in [5.41, 5.74) is 3.97. The molecule has 0 aromatic heterocycles. The number of nitriles is 1. The van der Waals surface area contributed by atoms with Crippen molar-refractivity contribution in [1.29, 1.82) is 5.26 Å². The average Bonchev–Trinajstić information content (AvgIpc) is 2.69. The smallest absolute Gasteiger partial charge is 0.267 e. The Hall–Kier alpha value is -3.26. The molecule has 0 atom stereocenters. The Morgan fingerprint density at radius 3 is 2.68 bits per heavy atom. The Bertz CT molecular complexity index is 895. The first-order valence-electron chi connectivity index (χ1n) is 9.33. The van der Waals surface area contributed by atoms with Crippen molar-refractivity contribution in [2.24, 2.45) is 0 Å². The largest absolute Gasteiger partial charge is 0.497 e. The van der Waals surface area contributed by atoms with Crippen LogP contribution in [0.2, 0.25) is 0 Å². The van der Waals surface area contributed by atoms with E-state index in [-0.39, 0.29) is 11.5 Å². The van der Waals surface area contributed by atoms with Crippen molar-refractivity contribution in [1.82, 2.24) is 5.32 Å². The van der Waals surface area contributed by atoms with Gasteiger partial charge in [-0.3, -0.25) is 4.79 Å². The number of hydrogen-bond donors (Lipinski definition) is 2. The molecule has 0 heterocycles. The van der Waals surface area contributed by atoms with Crippen LogP contribution in [0.4, 0.5) is 5.69 Å². The van der Waals surface area contributed by atoms with E-state index in [1.807, 2.05) is 55.5 Å². The number of nitrogens with zero attached hydrogens (tertiary/aromatic N) is 1. The minimum atomic E-state index is -0.410. The van der Waals surface area contributed by atoms with E-state index in [1.165, 1.54) is 6.20 Å². The van der Waals surface area contributed by atoms with Gasteiger partial charge in [0.1, 0.15) is 17.4 Å². The molecular weight excluding hydrogens is 350 g/mol. The molecule has 1 amide bonds. The van der Waals surface area contributed by atoms with E-state index in [9.17, 15) is 10.1 Å². The number of para-hydroxylation sites is 1. The van der Waals surface area contributed by atoms with Gasteiger partial charge >= 0.3 is 0 Å². The van der Waals surface area contributed by atoms with Crippen LogP contribution in [-0.4, -0.2) is 19.6 Å². The van der Waals surface area contributed by atoms with Crippen LogP contribution < -0.4 is 15.4 Å². The SMILES string of the molecule is COc1cccc(CCN/C=C(/C#N)C(=O)Nc2c(C)cccc2C(C)C)c1. The van der Waals surface area contributed by atoms with Gasteiger partial charge in [-0.25, -0.2) is 0 Å². The van der Waals surface area contributed by atoms with Crippen LogP contribution in [0, 0.1) is 18.3 Å². The standard InChI is InChI=1S/C23H27N3O2/c1-16(2)21-10-5-7-17(3)22(21)26-23(27)19(14-24)15-25-12-11-18-8-6-9-20(13-18)28-4/h5-10,13,15-16,25H,11-12H2,1-4H3,(H,26,27)/b19-15-. The lowest BCUT2D eigenvalue weighted by Crippen LogP contribution is -2.19. The number of hydrogen-bond acceptors (Lipinski definition) is 4. The van der Waals surface area contributed by atoms with Gasteiger partial charge in [-0.1, -0.05) is 44.2 Å². The van der Waals surface area contributed by atoms with Gasteiger partial charge in [0.25, 0.3) is 5.91 Å². The molecule has 146 valence electrons. The summed E-state index contributed by atoms with van der Waals surface area (Å²) in [6, 6.07) is 15.7. The molecule has 0 spiro atoms. The van der Waals surface area contributed by atoms with Gasteiger partial charge < -0.3 is 15.4 Å². The maximum absolute atomic E-state index is 12.6. The molecule has 2 aromatic carbocycles. The average molecular weight is 377 g/mol. The number of carbonyl (C=O) groups is 1. The molecule has 0 saturated heterocycles. The second-order valence-electron chi connectivity index (χ2n) is 6.87. The molecule has 2 aromatic rings. The van der Waals surface area contributed by atoms with Crippen LogP contribution in [0.3, 0.4) is 0 Å². The van der Waals surface area contributed by atoms with Gasteiger partial charge in [0.15, 0.2) is 0 Å². The predicted octanol–water partition coefficient (Wildman–Crippen LogP) is 4.31. The van der Waals surface area contributed by atoms with Crippen molar-refractivity contribution in [3.05, 3.63) is 70.9 Å². The molecule has 5 nitrogen and oxygen atoms in total. The minimum Gasteiger partial charge on any atom is -0.497 e. The van der Waals surface area contributed by atoms with E-state index < -0.39 is 5.91 Å². The monoisotopic (exact) mass is 377 g/mol. The first-order chi connectivity index (χ1) is 13.5. The number of benzene rings is 2. The summed E-state index contributed by atoms with van der Waals surface area (Å²) in [4.78, 5) is 12.6. The first kappa shape index (κ1) is 21.0. The number of anilines is 1. The maximum Gasteiger partial charge on any atom is 0.267 e. The van der Waals surface area contributed by atoms with Gasteiger partial charge in [-0.2, -0.15) is 5.26 Å². The van der Waals surface area contributed by atoms with Gasteiger partial charge in [0, 0.05) is 18.4 Å². The fourth-order valence-corrected chi connectivity index (χ4v) is 2.89. The number of carbonyl (C=O) groups excluding carboxylic acids is 1. The topological polar surface area (TPSA) is 74.1 Å². The van der Waals surface area contributed by atoms with Gasteiger partial charge in [-0.05, 0) is 48.1 Å². The van der Waals surface area contributed by atoms with Crippen molar-refractivity contribution in [3.8, 4) is 11.8 Å². The quantitative estimate of drug-likeness (QED) is 0.408. The number of amides is 1. The Morgan fingerprint density at radius 1 is 1.25 bits per heavy atom. The normalized spacial score (nSPS) is 11.1. The van der Waals surface area contributed by atoms with Crippen molar-refractivity contribution in [2.45, 2.75) is 33.1 Å². The summed E-state index contributed by atoms with van der Waals surface area (Å²) in [5, 5.41) is 15.3. The maximum atomic E-state index is 12.6. The Morgan fingerprint density at radius 2 is 2.00 bits per heavy atom. The molecule has 0 aliphatic carbocycles. The summed E-state index contributed by atoms with van der Waals surface area (Å²) in [5.74, 6) is 0.669. The molecular formula is C23H27N3O2. The second kappa shape index (κ2) is 10.2. The second-order valence-corrected chi connectivity index (χ2v) is 6.87. The van der Waals surface area contributed by atoms with Crippen LogP contribution in [0.1, 0.15) is 36.5 Å². The highest BCUT2D eigenvalue weighted by molar-refractivity contribution is 6.07. The molecule has 0 radical (unpaired) electrons. The zero-order valence-corrected chi connectivity index (χ0v) is 16.9. The van der Waals surface area contributed by atoms with Gasteiger partial charge in [0.2, 0.25) is 0 Å². The molecule has 0 fully saturated rings. The van der Waals surface area contributed by atoms with Gasteiger partial charge in [-0.15, -0.1) is 0 Å². The van der Waals surface area contributed by atoms with Gasteiger partial charge in [0.05, 0.1) is 7.11 Å². The number of nitrogens with one attached hydrogen (secondary N) is 2. The highest BCUT2D eigenvalue weighted by atomic mass is 16.5. The first-order valence-corrected chi connectivity index (χ1v) is 9.33. The summed E-state index contributed by atoms with van der Waals surface area (Å²) in [6.07, 6.45) is 2.23. The molecule has 2 rings (SSSR count). The van der Waals surface area contributed by atoms with Crippen LogP contribution in [0.5, 0.6) is 5.75 Å². The Balaban J connectivity index is 2.01. The fourth-order valence-electron chi connectivity index (χ4n) is 2.89. The summed E-state index contributed by atoms with van der Waals surface area (Å²) >= 11 is 0. The molecule has 2 N–H and O–H groups in total. The van der Waals surface area contributed by atoms with E-state index in [1.54, 1.807) is 7.11 Å². The predicted molar refractivity (Wildman–Crippen MR) is 112 cm³/mol. The highest BCUT2D eigenvalue weighted by Crippen LogP contribution is 2.27. The molecule has 5 heteroatoms. The molecule has 0 unspecified atom stereocenters. The van der Waals surface area contributed by atoms with E-state index in [0.29, 0.717) is 6.54 Å². The third kappa shape index (κ3) is 5.62. The molecule has 0 aliphatic heterocycles. The van der Waals surface area contributed by atoms with Crippen LogP contribution in [0.25, 0.3) is 0 Å². The van der Waals surface area contributed by atoms with E-state index >= 15 is 0 Å². The third-order valence-electron chi connectivity index (χ3n) is 4.47. The number of aryl methyl sites for hydroxylation is 1. The molecule has 0 saturated carbocycles. The molecule has 28 heavy (non-hydrogen) atoms. The highest BCUT2D eigenvalue weighted by Gasteiger charge is 2.15. The van der Waals surface area contributed by atoms with E-state index in [2.05, 4.69) is 24.5 Å². The molecule has 0 aliphatic rings. The Labute approximate surface area is 167 Å². The summed E-state index contributed by atoms with van der Waals surface area (Å²) in [7, 11) is 1.64. The van der Waals surface area contributed by atoms with Crippen LogP contribution in [-0.2, 0) is 11.2 Å². The fraction of sp³-hybridized carbons (Fsp3) is 0.304. The number of rotatable bonds is 8. The molecule has 0 bridgehead atoms. The summed E-state index contributed by atoms with van der Waals surface area (Å²) < 4.78 is 5.21. The third-order valence-corrected chi connectivity index (χ3v) is 4.47. The van der Waals surface area contributed by atoms with Crippen LogP contribution >= 0.6 is 0 Å². The van der Waals surface area contributed by atoms with Crippen molar-refractivity contribution < 1.29 is 9.53 Å². The summed E-state index contributed by atoms with van der Waals surface area (Å²) in [6.45, 7) is 6.70. The lowest BCUT2D eigenvalue weighted by molar-refractivity contribution is -0.112. The zero-order chi connectivity index (χ0) is 20.5. The Kier molecular flexibility index (Phi) is 7.65. The van der Waals surface area contributed by atoms with Crippen LogP contribution in [0.15, 0.2) is 54.2 Å². The van der Waals surface area contributed by atoms with Crippen molar-refractivity contribution in [3.63, 3.8) is 0 Å². The lowest BCUT2D eigenvalue weighted by atomic mass is 9.98. The van der Waals surface area contributed by atoms with E-state index in [0.717, 1.165) is 34.5 Å². The zero-order valence-electron chi connectivity index (χ0n) is 16.9.